The molecule has 0 saturated carbocycles. The summed E-state index contributed by atoms with van der Waals surface area (Å²) < 4.78 is 5.91. The summed E-state index contributed by atoms with van der Waals surface area (Å²) in [5.74, 6) is -0.0462. The van der Waals surface area contributed by atoms with E-state index in [-0.39, 0.29) is 11.4 Å². The maximum Gasteiger partial charge on any atom is 0.343 e. The molecule has 2 aromatic heterocycles. The van der Waals surface area contributed by atoms with Crippen LogP contribution in [0.2, 0.25) is 0 Å². The Morgan fingerprint density at radius 3 is 2.50 bits per heavy atom. The third kappa shape index (κ3) is 2.02. The number of esters is 1. The fourth-order valence-corrected chi connectivity index (χ4v) is 1.59. The molecule has 0 aromatic carbocycles. The van der Waals surface area contributed by atoms with E-state index >= 15 is 0 Å². The quantitative estimate of drug-likeness (QED) is 0.782. The summed E-state index contributed by atoms with van der Waals surface area (Å²) in [5.41, 5.74) is 7.62. The van der Waals surface area contributed by atoms with Gasteiger partial charge in [-0.25, -0.2) is 14.8 Å². The standard InChI is InChI=1S/C11H13N5O2/c1-6-4-7(2)15-11(14-6)16-9(12)8(5-13-16)10(17)18-3/h4-5H,12H2,1-3H3. The highest BCUT2D eigenvalue weighted by atomic mass is 16.5. The summed E-state index contributed by atoms with van der Waals surface area (Å²) in [6, 6.07) is 1.84. The van der Waals surface area contributed by atoms with Gasteiger partial charge in [0.05, 0.1) is 13.3 Å². The van der Waals surface area contributed by atoms with Crippen LogP contribution >= 0.6 is 0 Å². The van der Waals surface area contributed by atoms with Crippen molar-refractivity contribution >= 4 is 11.8 Å². The van der Waals surface area contributed by atoms with Crippen LogP contribution in [0.25, 0.3) is 5.95 Å². The van der Waals surface area contributed by atoms with Crippen LogP contribution in [-0.2, 0) is 4.74 Å². The lowest BCUT2D eigenvalue weighted by Gasteiger charge is -2.05. The normalized spacial score (nSPS) is 10.4. The maximum absolute atomic E-state index is 11.4. The van der Waals surface area contributed by atoms with Crippen LogP contribution in [0.5, 0.6) is 0 Å². The minimum Gasteiger partial charge on any atom is -0.465 e. The van der Waals surface area contributed by atoms with E-state index in [2.05, 4.69) is 19.8 Å². The first kappa shape index (κ1) is 12.0. The summed E-state index contributed by atoms with van der Waals surface area (Å²) in [5, 5.41) is 4.00. The molecule has 2 aromatic rings. The first-order valence-electron chi connectivity index (χ1n) is 5.27. The molecule has 0 bridgehead atoms. The predicted molar refractivity (Wildman–Crippen MR) is 64.4 cm³/mol. The molecule has 18 heavy (non-hydrogen) atoms. The van der Waals surface area contributed by atoms with Crippen molar-refractivity contribution in [2.45, 2.75) is 13.8 Å². The minimum atomic E-state index is -0.539. The van der Waals surface area contributed by atoms with Crippen molar-refractivity contribution in [1.82, 2.24) is 19.7 Å². The van der Waals surface area contributed by atoms with Crippen molar-refractivity contribution in [2.75, 3.05) is 12.8 Å². The van der Waals surface area contributed by atoms with Crippen molar-refractivity contribution in [1.29, 1.82) is 0 Å². The van der Waals surface area contributed by atoms with E-state index < -0.39 is 5.97 Å². The Balaban J connectivity index is 2.52. The number of carbonyl (C=O) groups excluding carboxylic acids is 1. The lowest BCUT2D eigenvalue weighted by atomic mass is 10.3. The van der Waals surface area contributed by atoms with Crippen LogP contribution in [0, 0.1) is 13.8 Å². The van der Waals surface area contributed by atoms with E-state index in [1.165, 1.54) is 18.0 Å². The molecule has 0 aliphatic heterocycles. The SMILES string of the molecule is COC(=O)c1cnn(-c2nc(C)cc(C)n2)c1N. The van der Waals surface area contributed by atoms with Gasteiger partial charge in [-0.15, -0.1) is 0 Å². The Bertz CT molecular complexity index is 585. The second kappa shape index (κ2) is 4.44. The van der Waals surface area contributed by atoms with Gasteiger partial charge in [0.15, 0.2) is 0 Å². The van der Waals surface area contributed by atoms with Crippen LogP contribution in [0.15, 0.2) is 12.3 Å². The summed E-state index contributed by atoms with van der Waals surface area (Å²) in [7, 11) is 1.28. The lowest BCUT2D eigenvalue weighted by Crippen LogP contribution is -2.10. The van der Waals surface area contributed by atoms with Crippen LogP contribution in [0.1, 0.15) is 21.7 Å². The number of nitrogen functional groups attached to an aromatic ring is 1. The summed E-state index contributed by atoms with van der Waals surface area (Å²) in [6.45, 7) is 3.69. The zero-order valence-corrected chi connectivity index (χ0v) is 10.3. The van der Waals surface area contributed by atoms with Crippen molar-refractivity contribution < 1.29 is 9.53 Å². The van der Waals surface area contributed by atoms with Crippen molar-refractivity contribution in [3.8, 4) is 5.95 Å². The van der Waals surface area contributed by atoms with E-state index in [1.54, 1.807) is 0 Å². The number of rotatable bonds is 2. The fraction of sp³-hybridized carbons (Fsp3) is 0.273. The summed E-state index contributed by atoms with van der Waals surface area (Å²) >= 11 is 0. The molecule has 94 valence electrons. The average molecular weight is 247 g/mol. The van der Waals surface area contributed by atoms with Crippen LogP contribution in [0.4, 0.5) is 5.82 Å². The fourth-order valence-electron chi connectivity index (χ4n) is 1.59. The molecule has 0 fully saturated rings. The third-order valence-electron chi connectivity index (χ3n) is 2.37. The summed E-state index contributed by atoms with van der Waals surface area (Å²) in [6.07, 6.45) is 1.34. The van der Waals surface area contributed by atoms with E-state index in [0.717, 1.165) is 11.4 Å². The van der Waals surface area contributed by atoms with Crippen LogP contribution in [0.3, 0.4) is 0 Å². The number of aryl methyl sites for hydroxylation is 2. The second-order valence-corrected chi connectivity index (χ2v) is 3.80. The smallest absolute Gasteiger partial charge is 0.343 e. The highest BCUT2D eigenvalue weighted by Gasteiger charge is 2.17. The Labute approximate surface area is 104 Å². The molecule has 0 unspecified atom stereocenters. The molecule has 0 spiro atoms. The van der Waals surface area contributed by atoms with Gasteiger partial charge >= 0.3 is 5.97 Å². The van der Waals surface area contributed by atoms with Gasteiger partial charge in [0.25, 0.3) is 5.95 Å². The number of hydrogen-bond donors (Lipinski definition) is 1. The monoisotopic (exact) mass is 247 g/mol. The number of hydrogen-bond acceptors (Lipinski definition) is 6. The second-order valence-electron chi connectivity index (χ2n) is 3.80. The van der Waals surface area contributed by atoms with Crippen molar-refractivity contribution in [3.63, 3.8) is 0 Å². The van der Waals surface area contributed by atoms with E-state index in [1.807, 2.05) is 19.9 Å². The summed E-state index contributed by atoms with van der Waals surface area (Å²) in [4.78, 5) is 19.9. The molecule has 2 heterocycles. The molecule has 0 aliphatic carbocycles. The van der Waals surface area contributed by atoms with Crippen LogP contribution < -0.4 is 5.73 Å². The largest absolute Gasteiger partial charge is 0.465 e. The Hall–Kier alpha value is -2.44. The number of anilines is 1. The maximum atomic E-state index is 11.4. The molecule has 7 nitrogen and oxygen atoms in total. The number of nitrogens with two attached hydrogens (primary N) is 1. The van der Waals surface area contributed by atoms with E-state index in [0.29, 0.717) is 5.95 Å². The Morgan fingerprint density at radius 2 is 1.94 bits per heavy atom. The lowest BCUT2D eigenvalue weighted by molar-refractivity contribution is 0.0602. The van der Waals surface area contributed by atoms with E-state index in [9.17, 15) is 4.79 Å². The molecule has 2 rings (SSSR count). The topological polar surface area (TPSA) is 95.9 Å². The molecule has 7 heteroatoms. The first-order valence-corrected chi connectivity index (χ1v) is 5.27. The van der Waals surface area contributed by atoms with Gasteiger partial charge in [-0.05, 0) is 19.9 Å². The predicted octanol–water partition coefficient (Wildman–Crippen LogP) is 0.648. The van der Waals surface area contributed by atoms with Crippen molar-refractivity contribution in [2.24, 2.45) is 0 Å². The molecule has 0 aliphatic rings. The molecule has 0 amide bonds. The van der Waals surface area contributed by atoms with Gasteiger partial charge in [-0.2, -0.15) is 9.78 Å². The number of methoxy groups -OCH3 is 1. The average Bonchev–Trinajstić information content (AvgIpc) is 2.69. The third-order valence-corrected chi connectivity index (χ3v) is 2.37. The van der Waals surface area contributed by atoms with Gasteiger partial charge in [-0.3, -0.25) is 0 Å². The highest BCUT2D eigenvalue weighted by molar-refractivity contribution is 5.94. The number of carbonyl (C=O) groups is 1. The molecule has 0 saturated heterocycles. The Kier molecular flexibility index (Phi) is 2.97. The molecule has 0 atom stereocenters. The van der Waals surface area contributed by atoms with Crippen LogP contribution in [-0.4, -0.2) is 32.8 Å². The van der Waals surface area contributed by atoms with Gasteiger partial charge in [0.2, 0.25) is 0 Å². The molecule has 2 N–H and O–H groups in total. The molecule has 0 radical (unpaired) electrons. The van der Waals surface area contributed by atoms with Crippen molar-refractivity contribution in [3.05, 3.63) is 29.2 Å². The van der Waals surface area contributed by atoms with Gasteiger partial charge in [0.1, 0.15) is 11.4 Å². The number of nitrogens with zero attached hydrogens (tertiary/aromatic N) is 4. The zero-order chi connectivity index (χ0) is 13.3. The van der Waals surface area contributed by atoms with E-state index in [4.69, 9.17) is 5.73 Å². The minimum absolute atomic E-state index is 0.159. The zero-order valence-electron chi connectivity index (χ0n) is 10.3. The van der Waals surface area contributed by atoms with Gasteiger partial charge < -0.3 is 10.5 Å². The molecular formula is C11H13N5O2. The van der Waals surface area contributed by atoms with Gasteiger partial charge in [-0.1, -0.05) is 0 Å². The molecular weight excluding hydrogens is 234 g/mol. The Morgan fingerprint density at radius 1 is 1.33 bits per heavy atom. The number of ether oxygens (including phenoxy) is 1. The van der Waals surface area contributed by atoms with Gasteiger partial charge in [0, 0.05) is 11.4 Å². The highest BCUT2D eigenvalue weighted by Crippen LogP contribution is 2.15. The number of aromatic nitrogens is 4. The first-order chi connectivity index (χ1) is 8.52.